The first-order chi connectivity index (χ1) is 17.9. The van der Waals surface area contributed by atoms with Crippen molar-refractivity contribution in [1.29, 1.82) is 0 Å². The lowest BCUT2D eigenvalue weighted by Gasteiger charge is -2.36. The quantitative estimate of drug-likeness (QED) is 0.252. The van der Waals surface area contributed by atoms with Crippen LogP contribution in [0.25, 0.3) is 0 Å². The van der Waals surface area contributed by atoms with Crippen LogP contribution in [0.3, 0.4) is 0 Å². The average molecular weight is 551 g/mol. The van der Waals surface area contributed by atoms with E-state index in [4.69, 9.17) is 9.47 Å². The van der Waals surface area contributed by atoms with Crippen LogP contribution in [0.15, 0.2) is 36.9 Å². The molecule has 0 aromatic heterocycles. The van der Waals surface area contributed by atoms with E-state index in [2.05, 4.69) is 23.5 Å². The Bertz CT molecular complexity index is 946. The van der Waals surface area contributed by atoms with Crippen molar-refractivity contribution in [3.05, 3.63) is 59.7 Å². The van der Waals surface area contributed by atoms with E-state index in [0.717, 1.165) is 38.5 Å². The molecule has 0 bridgehead atoms. The standard InChI is InChI=1S/C28H33F7O3/c1-2-17-15-36-26(37-16-17)21-11-7-19(8-12-21)4-3-18-5-9-20(10-6-18)22-13-23(29)25(24(30)14-22)27(31,32)38-28(33,34)35/h2-4,13-14,17-21,26H,1,5-12,15-16H2/b4-3+. The van der Waals surface area contributed by atoms with Gasteiger partial charge in [-0.25, -0.2) is 13.5 Å². The first-order valence-electron chi connectivity index (χ1n) is 13.1. The van der Waals surface area contributed by atoms with Crippen molar-refractivity contribution < 1.29 is 44.9 Å². The molecule has 10 heteroatoms. The highest BCUT2D eigenvalue weighted by Crippen LogP contribution is 2.42. The monoisotopic (exact) mass is 550 g/mol. The first kappa shape index (κ1) is 29.1. The molecule has 212 valence electrons. The van der Waals surface area contributed by atoms with Crippen molar-refractivity contribution in [2.24, 2.45) is 23.7 Å². The van der Waals surface area contributed by atoms with Crippen molar-refractivity contribution in [3.63, 3.8) is 0 Å². The van der Waals surface area contributed by atoms with Crippen molar-refractivity contribution >= 4 is 0 Å². The zero-order valence-corrected chi connectivity index (χ0v) is 21.0. The Hall–Kier alpha value is -1.91. The summed E-state index contributed by atoms with van der Waals surface area (Å²) >= 11 is 0. The molecule has 1 aliphatic heterocycles. The number of allylic oxidation sites excluding steroid dienone is 2. The second-order valence-electron chi connectivity index (χ2n) is 10.6. The van der Waals surface area contributed by atoms with Gasteiger partial charge in [-0.05, 0) is 86.8 Å². The molecule has 1 saturated heterocycles. The summed E-state index contributed by atoms with van der Waals surface area (Å²) in [6, 6.07) is 1.39. The van der Waals surface area contributed by atoms with Crippen molar-refractivity contribution in [3.8, 4) is 0 Å². The molecule has 0 amide bonds. The van der Waals surface area contributed by atoms with Crippen LogP contribution < -0.4 is 0 Å². The minimum Gasteiger partial charge on any atom is -0.352 e. The van der Waals surface area contributed by atoms with E-state index in [0.29, 0.717) is 55.9 Å². The van der Waals surface area contributed by atoms with Gasteiger partial charge in [-0.3, -0.25) is 0 Å². The Kier molecular flexibility index (Phi) is 9.25. The Morgan fingerprint density at radius 3 is 1.74 bits per heavy atom. The van der Waals surface area contributed by atoms with Crippen LogP contribution in [0.4, 0.5) is 30.7 Å². The number of ether oxygens (including phenoxy) is 3. The van der Waals surface area contributed by atoms with E-state index in [-0.39, 0.29) is 23.7 Å². The molecule has 3 aliphatic rings. The van der Waals surface area contributed by atoms with Crippen molar-refractivity contribution in [2.75, 3.05) is 13.2 Å². The molecule has 1 heterocycles. The number of alkyl halides is 5. The van der Waals surface area contributed by atoms with Gasteiger partial charge < -0.3 is 9.47 Å². The summed E-state index contributed by atoms with van der Waals surface area (Å²) in [4.78, 5) is 0. The van der Waals surface area contributed by atoms with Crippen molar-refractivity contribution in [1.82, 2.24) is 0 Å². The summed E-state index contributed by atoms with van der Waals surface area (Å²) in [5, 5.41) is 0. The zero-order valence-electron chi connectivity index (χ0n) is 21.0. The topological polar surface area (TPSA) is 27.7 Å². The molecule has 1 aromatic rings. The summed E-state index contributed by atoms with van der Waals surface area (Å²) in [6.07, 6.45) is 2.17. The van der Waals surface area contributed by atoms with E-state index in [1.165, 1.54) is 0 Å². The normalized spacial score (nSPS) is 31.4. The molecule has 38 heavy (non-hydrogen) atoms. The molecule has 2 saturated carbocycles. The SMILES string of the molecule is C=CC1COC(C2CCC(/C=C/C3CCC(c4cc(F)c(C(F)(F)OC(F)(F)F)c(F)c4)CC3)CC2)OC1. The second kappa shape index (κ2) is 12.1. The van der Waals surface area contributed by atoms with Crippen LogP contribution in [0, 0.1) is 35.3 Å². The number of rotatable bonds is 7. The minimum absolute atomic E-state index is 0.140. The number of halogens is 7. The van der Waals surface area contributed by atoms with Gasteiger partial charge in [0.25, 0.3) is 0 Å². The van der Waals surface area contributed by atoms with Crippen LogP contribution in [0.5, 0.6) is 0 Å². The van der Waals surface area contributed by atoms with Gasteiger partial charge in [0.1, 0.15) is 17.2 Å². The molecule has 0 spiro atoms. The largest absolute Gasteiger partial charge is 0.527 e. The lowest BCUT2D eigenvalue weighted by Crippen LogP contribution is -2.37. The van der Waals surface area contributed by atoms with E-state index >= 15 is 0 Å². The summed E-state index contributed by atoms with van der Waals surface area (Å²) in [5.74, 6) is -2.34. The highest BCUT2D eigenvalue weighted by atomic mass is 19.4. The van der Waals surface area contributed by atoms with Gasteiger partial charge in [0.2, 0.25) is 0 Å². The lowest BCUT2D eigenvalue weighted by molar-refractivity contribution is -0.432. The van der Waals surface area contributed by atoms with Crippen LogP contribution in [-0.4, -0.2) is 25.9 Å². The smallest absolute Gasteiger partial charge is 0.352 e. The molecule has 3 fully saturated rings. The molecular weight excluding hydrogens is 517 g/mol. The first-order valence-corrected chi connectivity index (χ1v) is 13.1. The Morgan fingerprint density at radius 1 is 0.763 bits per heavy atom. The third-order valence-corrected chi connectivity index (χ3v) is 7.98. The lowest BCUT2D eigenvalue weighted by atomic mass is 9.77. The summed E-state index contributed by atoms with van der Waals surface area (Å²) in [7, 11) is 0. The third kappa shape index (κ3) is 7.39. The van der Waals surface area contributed by atoms with Crippen LogP contribution >= 0.6 is 0 Å². The van der Waals surface area contributed by atoms with Gasteiger partial charge in [0, 0.05) is 11.8 Å². The average Bonchev–Trinajstić information content (AvgIpc) is 2.86. The maximum Gasteiger partial charge on any atom is 0.527 e. The number of hydrogen-bond acceptors (Lipinski definition) is 3. The fraction of sp³-hybridized carbons (Fsp3) is 0.643. The highest BCUT2D eigenvalue weighted by Gasteiger charge is 2.49. The Morgan fingerprint density at radius 2 is 1.26 bits per heavy atom. The third-order valence-electron chi connectivity index (χ3n) is 7.98. The van der Waals surface area contributed by atoms with Crippen LogP contribution in [-0.2, 0) is 20.3 Å². The maximum absolute atomic E-state index is 14.3. The summed E-state index contributed by atoms with van der Waals surface area (Å²) in [5.41, 5.74) is -1.87. The summed E-state index contributed by atoms with van der Waals surface area (Å²) < 4.78 is 107. The maximum atomic E-state index is 14.3. The van der Waals surface area contributed by atoms with E-state index in [1.54, 1.807) is 0 Å². The fourth-order valence-corrected chi connectivity index (χ4v) is 5.81. The minimum atomic E-state index is -5.75. The molecular formula is C28H33F7O3. The summed E-state index contributed by atoms with van der Waals surface area (Å²) in [6.45, 7) is 5.08. The number of hydrogen-bond donors (Lipinski definition) is 0. The molecule has 0 atom stereocenters. The van der Waals surface area contributed by atoms with Gasteiger partial charge in [-0.15, -0.1) is 19.8 Å². The molecule has 3 nitrogen and oxygen atoms in total. The van der Waals surface area contributed by atoms with E-state index in [1.807, 2.05) is 6.08 Å². The molecule has 0 unspecified atom stereocenters. The zero-order chi connectivity index (χ0) is 27.5. The second-order valence-corrected chi connectivity index (χ2v) is 10.6. The molecule has 2 aliphatic carbocycles. The van der Waals surface area contributed by atoms with Crippen LogP contribution in [0.1, 0.15) is 68.4 Å². The fourth-order valence-electron chi connectivity index (χ4n) is 5.81. The van der Waals surface area contributed by atoms with E-state index in [9.17, 15) is 30.7 Å². The van der Waals surface area contributed by atoms with Gasteiger partial charge in [-0.2, -0.15) is 8.78 Å². The van der Waals surface area contributed by atoms with Gasteiger partial charge in [-0.1, -0.05) is 18.2 Å². The molecule has 4 rings (SSSR count). The van der Waals surface area contributed by atoms with E-state index < -0.39 is 29.7 Å². The molecule has 1 aromatic carbocycles. The molecule has 0 N–H and O–H groups in total. The highest BCUT2D eigenvalue weighted by molar-refractivity contribution is 5.31. The van der Waals surface area contributed by atoms with Gasteiger partial charge >= 0.3 is 12.5 Å². The Balaban J connectivity index is 1.25. The molecule has 0 radical (unpaired) electrons. The van der Waals surface area contributed by atoms with Gasteiger partial charge in [0.05, 0.1) is 13.2 Å². The van der Waals surface area contributed by atoms with Gasteiger partial charge in [0.15, 0.2) is 6.29 Å². The predicted molar refractivity (Wildman–Crippen MR) is 126 cm³/mol. The Labute approximate surface area is 218 Å². The van der Waals surface area contributed by atoms with Crippen LogP contribution in [0.2, 0.25) is 0 Å². The van der Waals surface area contributed by atoms with Crippen molar-refractivity contribution in [2.45, 2.75) is 76.0 Å². The number of benzene rings is 1. The predicted octanol–water partition coefficient (Wildman–Crippen LogP) is 8.36.